The number of hydrogen-bond donors (Lipinski definition) is 2. The van der Waals surface area contributed by atoms with Gasteiger partial charge < -0.3 is 10.6 Å². The number of benzene rings is 3. The molecule has 0 fully saturated rings. The molecule has 5 rings (SSSR count). The molecule has 2 N–H and O–H groups in total. The van der Waals surface area contributed by atoms with E-state index < -0.39 is 0 Å². The number of halogens is 1. The number of anilines is 2. The van der Waals surface area contributed by atoms with E-state index in [4.69, 9.17) is 11.6 Å². The molecule has 37 heavy (non-hydrogen) atoms. The third kappa shape index (κ3) is 4.96. The topological polar surface area (TPSA) is 93.8 Å². The van der Waals surface area contributed by atoms with Crippen LogP contribution in [-0.2, 0) is 6.54 Å². The number of para-hydroxylation sites is 2. The quantitative estimate of drug-likeness (QED) is 0.319. The predicted molar refractivity (Wildman–Crippen MR) is 146 cm³/mol. The van der Waals surface area contributed by atoms with Crippen LogP contribution in [0.1, 0.15) is 21.6 Å². The monoisotopic (exact) mass is 512 g/mol. The third-order valence-electron chi connectivity index (χ3n) is 5.99. The average Bonchev–Trinajstić information content (AvgIpc) is 3.20. The minimum atomic E-state index is -0.361. The second-order valence-electron chi connectivity index (χ2n) is 8.66. The van der Waals surface area contributed by atoms with E-state index in [1.807, 2.05) is 67.6 Å². The summed E-state index contributed by atoms with van der Waals surface area (Å²) in [7, 11) is 0. The molecule has 186 valence electrons. The molecule has 2 heterocycles. The van der Waals surface area contributed by atoms with Crippen molar-refractivity contribution in [1.82, 2.24) is 24.6 Å². The number of carbonyl (C=O) groups is 1. The SMILES string of the molecule is Cc1cccc(Nc2nc3ccccc3c(=O)n2CCNC(=O)c2c(C)nn(-c3ccccc3)c2Cl)c1. The minimum Gasteiger partial charge on any atom is -0.350 e. The molecule has 0 aliphatic rings. The number of nitrogens with one attached hydrogen (secondary N) is 2. The van der Waals surface area contributed by atoms with Crippen LogP contribution in [0.3, 0.4) is 0 Å². The fourth-order valence-corrected chi connectivity index (χ4v) is 4.55. The van der Waals surface area contributed by atoms with Gasteiger partial charge in [0.15, 0.2) is 0 Å². The van der Waals surface area contributed by atoms with E-state index >= 15 is 0 Å². The Hall–Kier alpha value is -4.43. The maximum Gasteiger partial charge on any atom is 0.262 e. The van der Waals surface area contributed by atoms with Crippen molar-refractivity contribution < 1.29 is 4.79 Å². The van der Waals surface area contributed by atoms with Crippen LogP contribution in [0.25, 0.3) is 16.6 Å². The zero-order valence-corrected chi connectivity index (χ0v) is 21.2. The van der Waals surface area contributed by atoms with Crippen molar-refractivity contribution in [2.24, 2.45) is 0 Å². The lowest BCUT2D eigenvalue weighted by atomic mass is 10.2. The Bertz CT molecular complexity index is 1660. The zero-order valence-electron chi connectivity index (χ0n) is 20.4. The van der Waals surface area contributed by atoms with Crippen LogP contribution in [0.5, 0.6) is 0 Å². The van der Waals surface area contributed by atoms with Crippen molar-refractivity contribution in [3.05, 3.63) is 111 Å². The second-order valence-corrected chi connectivity index (χ2v) is 9.02. The second kappa shape index (κ2) is 10.3. The van der Waals surface area contributed by atoms with E-state index in [0.29, 0.717) is 28.1 Å². The number of aryl methyl sites for hydroxylation is 2. The average molecular weight is 513 g/mol. The van der Waals surface area contributed by atoms with E-state index in [1.165, 1.54) is 9.25 Å². The van der Waals surface area contributed by atoms with Crippen molar-refractivity contribution in [2.45, 2.75) is 20.4 Å². The fourth-order valence-electron chi connectivity index (χ4n) is 4.19. The summed E-state index contributed by atoms with van der Waals surface area (Å²) in [5.74, 6) is 0.0364. The normalized spacial score (nSPS) is 11.0. The van der Waals surface area contributed by atoms with Crippen LogP contribution in [0.4, 0.5) is 11.6 Å². The molecule has 1 amide bonds. The molecule has 0 radical (unpaired) electrons. The van der Waals surface area contributed by atoms with Crippen molar-refractivity contribution in [2.75, 3.05) is 11.9 Å². The number of fused-ring (bicyclic) bond motifs is 1. The van der Waals surface area contributed by atoms with Crippen molar-refractivity contribution in [3.8, 4) is 5.69 Å². The van der Waals surface area contributed by atoms with Crippen LogP contribution in [0.2, 0.25) is 5.15 Å². The van der Waals surface area contributed by atoms with Crippen LogP contribution >= 0.6 is 11.6 Å². The lowest BCUT2D eigenvalue weighted by Crippen LogP contribution is -2.32. The van der Waals surface area contributed by atoms with Gasteiger partial charge in [-0.05, 0) is 55.8 Å². The van der Waals surface area contributed by atoms with Gasteiger partial charge in [-0.1, -0.05) is 54.1 Å². The molecule has 0 aliphatic carbocycles. The molecule has 0 unspecified atom stereocenters. The molecule has 3 aromatic carbocycles. The molecular formula is C28H25ClN6O2. The molecule has 0 saturated heterocycles. The minimum absolute atomic E-state index is 0.188. The summed E-state index contributed by atoms with van der Waals surface area (Å²) in [5.41, 5.74) is 3.87. The third-order valence-corrected chi connectivity index (χ3v) is 6.34. The standard InChI is InChI=1S/C28H25ClN6O2/c1-18-9-8-10-20(17-18)31-28-32-23-14-7-6-13-22(23)27(37)34(28)16-15-30-26(36)24-19(2)33-35(25(24)29)21-11-4-3-5-12-21/h3-14,17H,15-16H2,1-2H3,(H,30,36)(H,31,32). The van der Waals surface area contributed by atoms with Gasteiger partial charge in [0.05, 0.1) is 27.8 Å². The van der Waals surface area contributed by atoms with Gasteiger partial charge in [-0.15, -0.1) is 0 Å². The van der Waals surface area contributed by atoms with Crippen molar-refractivity contribution in [1.29, 1.82) is 0 Å². The summed E-state index contributed by atoms with van der Waals surface area (Å²) in [6.07, 6.45) is 0. The van der Waals surface area contributed by atoms with Gasteiger partial charge in [0.1, 0.15) is 5.15 Å². The number of rotatable bonds is 7. The van der Waals surface area contributed by atoms with E-state index in [9.17, 15) is 9.59 Å². The molecular weight excluding hydrogens is 488 g/mol. The molecule has 0 aliphatic heterocycles. The molecule has 0 atom stereocenters. The van der Waals surface area contributed by atoms with Gasteiger partial charge in [-0.25, -0.2) is 9.67 Å². The predicted octanol–water partition coefficient (Wildman–Crippen LogP) is 5.03. The van der Waals surface area contributed by atoms with E-state index in [-0.39, 0.29) is 29.7 Å². The van der Waals surface area contributed by atoms with Crippen LogP contribution < -0.4 is 16.2 Å². The van der Waals surface area contributed by atoms with Gasteiger partial charge >= 0.3 is 0 Å². The molecule has 0 bridgehead atoms. The summed E-state index contributed by atoms with van der Waals surface area (Å²) in [6, 6.07) is 24.4. The highest BCUT2D eigenvalue weighted by molar-refractivity contribution is 6.33. The lowest BCUT2D eigenvalue weighted by Gasteiger charge is -2.15. The van der Waals surface area contributed by atoms with Gasteiger partial charge in [0.25, 0.3) is 11.5 Å². The Morgan fingerprint density at radius 3 is 2.51 bits per heavy atom. The van der Waals surface area contributed by atoms with E-state index in [1.54, 1.807) is 25.1 Å². The summed E-state index contributed by atoms with van der Waals surface area (Å²) in [5, 5.41) is 11.3. The maximum atomic E-state index is 13.4. The first-order valence-corrected chi connectivity index (χ1v) is 12.2. The first-order valence-electron chi connectivity index (χ1n) is 11.8. The summed E-state index contributed by atoms with van der Waals surface area (Å²) in [6.45, 7) is 4.13. The Morgan fingerprint density at radius 1 is 0.973 bits per heavy atom. The lowest BCUT2D eigenvalue weighted by molar-refractivity contribution is 0.0951. The van der Waals surface area contributed by atoms with Crippen molar-refractivity contribution in [3.63, 3.8) is 0 Å². The Kier molecular flexibility index (Phi) is 6.74. The Balaban J connectivity index is 1.40. The Labute approximate surface area is 218 Å². The number of nitrogens with zero attached hydrogens (tertiary/aromatic N) is 4. The van der Waals surface area contributed by atoms with Gasteiger partial charge in [-0.3, -0.25) is 14.2 Å². The molecule has 8 nitrogen and oxygen atoms in total. The summed E-state index contributed by atoms with van der Waals surface area (Å²) >= 11 is 6.54. The summed E-state index contributed by atoms with van der Waals surface area (Å²) in [4.78, 5) is 31.1. The molecule has 0 saturated carbocycles. The Morgan fingerprint density at radius 2 is 1.73 bits per heavy atom. The number of aromatic nitrogens is 4. The first kappa shape index (κ1) is 24.3. The first-order chi connectivity index (χ1) is 17.9. The van der Waals surface area contributed by atoms with Gasteiger partial charge in [-0.2, -0.15) is 5.10 Å². The molecule has 5 aromatic rings. The number of amides is 1. The van der Waals surface area contributed by atoms with Gasteiger partial charge in [0, 0.05) is 18.8 Å². The molecule has 0 spiro atoms. The molecule has 2 aromatic heterocycles. The fraction of sp³-hybridized carbons (Fsp3) is 0.143. The van der Waals surface area contributed by atoms with Gasteiger partial charge in [0.2, 0.25) is 5.95 Å². The highest BCUT2D eigenvalue weighted by Gasteiger charge is 2.21. The van der Waals surface area contributed by atoms with E-state index in [0.717, 1.165) is 16.9 Å². The summed E-state index contributed by atoms with van der Waals surface area (Å²) < 4.78 is 3.07. The maximum absolute atomic E-state index is 13.4. The zero-order chi connectivity index (χ0) is 25.9. The van der Waals surface area contributed by atoms with Crippen LogP contribution in [0.15, 0.2) is 83.7 Å². The highest BCUT2D eigenvalue weighted by Crippen LogP contribution is 2.23. The number of hydrogen-bond acceptors (Lipinski definition) is 5. The highest BCUT2D eigenvalue weighted by atomic mass is 35.5. The number of carbonyl (C=O) groups excluding carboxylic acids is 1. The van der Waals surface area contributed by atoms with Crippen LogP contribution in [-0.4, -0.2) is 31.8 Å². The smallest absolute Gasteiger partial charge is 0.262 e. The van der Waals surface area contributed by atoms with Crippen molar-refractivity contribution >= 4 is 40.0 Å². The largest absolute Gasteiger partial charge is 0.350 e. The molecule has 9 heteroatoms. The van der Waals surface area contributed by atoms with Crippen LogP contribution in [0, 0.1) is 13.8 Å². The van der Waals surface area contributed by atoms with E-state index in [2.05, 4.69) is 20.7 Å².